The van der Waals surface area contributed by atoms with Crippen LogP contribution in [-0.2, 0) is 14.3 Å². The first-order chi connectivity index (χ1) is 4.75. The quantitative estimate of drug-likeness (QED) is 0.524. The number of hydrogen-bond acceptors (Lipinski definition) is 4. The van der Waals surface area contributed by atoms with Crippen molar-refractivity contribution in [3.05, 3.63) is 0 Å². The average Bonchev–Trinajstić information content (AvgIpc) is 2.20. The van der Waals surface area contributed by atoms with E-state index in [1.807, 2.05) is 0 Å². The summed E-state index contributed by atoms with van der Waals surface area (Å²) in [5.74, 6) is -0.464. The maximum absolute atomic E-state index is 10.7. The van der Waals surface area contributed by atoms with Gasteiger partial charge < -0.3 is 14.6 Å². The summed E-state index contributed by atoms with van der Waals surface area (Å²) < 4.78 is 9.42. The number of carbonyl (C=O) groups excluding carboxylic acids is 1. The van der Waals surface area contributed by atoms with Crippen molar-refractivity contribution in [2.45, 2.75) is 19.1 Å². The van der Waals surface area contributed by atoms with Crippen molar-refractivity contribution in [1.29, 1.82) is 0 Å². The molecule has 0 radical (unpaired) electrons. The van der Waals surface area contributed by atoms with E-state index in [0.29, 0.717) is 6.61 Å². The standard InChI is InChI=1S/C6H10O4/c1-2-9-5-4(7)3-10-6(5)8/h4-5,7H,2-3H2,1H3. The second kappa shape index (κ2) is 2.98. The lowest BCUT2D eigenvalue weighted by Crippen LogP contribution is -2.29. The third kappa shape index (κ3) is 1.27. The molecular formula is C6H10O4. The van der Waals surface area contributed by atoms with Crippen LogP contribution in [-0.4, -0.2) is 36.5 Å². The van der Waals surface area contributed by atoms with Crippen LogP contribution in [0.4, 0.5) is 0 Å². The SMILES string of the molecule is CCOC1C(=O)OCC1O. The molecule has 1 heterocycles. The third-order valence-corrected chi connectivity index (χ3v) is 1.32. The molecule has 10 heavy (non-hydrogen) atoms. The number of rotatable bonds is 2. The third-order valence-electron chi connectivity index (χ3n) is 1.32. The zero-order valence-electron chi connectivity index (χ0n) is 5.74. The lowest BCUT2D eigenvalue weighted by atomic mass is 10.2. The zero-order valence-corrected chi connectivity index (χ0v) is 5.74. The Kier molecular flexibility index (Phi) is 2.24. The molecule has 1 aliphatic rings. The van der Waals surface area contributed by atoms with E-state index >= 15 is 0 Å². The Hall–Kier alpha value is -0.610. The van der Waals surface area contributed by atoms with Gasteiger partial charge in [0.1, 0.15) is 12.7 Å². The lowest BCUT2D eigenvalue weighted by Gasteiger charge is -2.07. The largest absolute Gasteiger partial charge is 0.461 e. The van der Waals surface area contributed by atoms with Gasteiger partial charge in [0.25, 0.3) is 0 Å². The zero-order chi connectivity index (χ0) is 7.56. The molecule has 4 heteroatoms. The van der Waals surface area contributed by atoms with Crippen LogP contribution < -0.4 is 0 Å². The topological polar surface area (TPSA) is 55.8 Å². The smallest absolute Gasteiger partial charge is 0.338 e. The van der Waals surface area contributed by atoms with E-state index in [9.17, 15) is 4.79 Å². The molecule has 1 fully saturated rings. The van der Waals surface area contributed by atoms with Crippen LogP contribution in [0.3, 0.4) is 0 Å². The molecule has 2 unspecified atom stereocenters. The maximum Gasteiger partial charge on any atom is 0.338 e. The molecule has 0 aliphatic carbocycles. The second-order valence-corrected chi connectivity index (χ2v) is 2.07. The first-order valence-corrected chi connectivity index (χ1v) is 3.22. The Morgan fingerprint density at radius 2 is 2.60 bits per heavy atom. The maximum atomic E-state index is 10.7. The Labute approximate surface area is 58.7 Å². The van der Waals surface area contributed by atoms with E-state index < -0.39 is 18.2 Å². The molecule has 1 N–H and O–H groups in total. The highest BCUT2D eigenvalue weighted by atomic mass is 16.6. The number of aliphatic hydroxyl groups is 1. The molecule has 2 atom stereocenters. The number of ether oxygens (including phenoxy) is 2. The van der Waals surface area contributed by atoms with Gasteiger partial charge in [0.2, 0.25) is 0 Å². The number of esters is 1. The van der Waals surface area contributed by atoms with E-state index in [2.05, 4.69) is 4.74 Å². The molecule has 0 aromatic heterocycles. The summed E-state index contributed by atoms with van der Waals surface area (Å²) in [6.07, 6.45) is -1.54. The molecule has 0 spiro atoms. The van der Waals surface area contributed by atoms with Crippen LogP contribution in [0.1, 0.15) is 6.92 Å². The number of hydrogen-bond donors (Lipinski definition) is 1. The molecule has 1 saturated heterocycles. The van der Waals surface area contributed by atoms with E-state index in [-0.39, 0.29) is 6.61 Å². The minimum absolute atomic E-state index is 0.0590. The molecule has 0 saturated carbocycles. The van der Waals surface area contributed by atoms with Crippen molar-refractivity contribution in [2.75, 3.05) is 13.2 Å². The summed E-state index contributed by atoms with van der Waals surface area (Å²) in [4.78, 5) is 10.7. The molecule has 4 nitrogen and oxygen atoms in total. The van der Waals surface area contributed by atoms with Crippen LogP contribution in [0.15, 0.2) is 0 Å². The van der Waals surface area contributed by atoms with E-state index in [1.165, 1.54) is 0 Å². The van der Waals surface area contributed by atoms with Crippen LogP contribution in [0, 0.1) is 0 Å². The van der Waals surface area contributed by atoms with Crippen molar-refractivity contribution < 1.29 is 19.4 Å². The average molecular weight is 146 g/mol. The van der Waals surface area contributed by atoms with Crippen LogP contribution >= 0.6 is 0 Å². The van der Waals surface area contributed by atoms with Crippen molar-refractivity contribution in [3.8, 4) is 0 Å². The molecule has 1 aliphatic heterocycles. The highest BCUT2D eigenvalue weighted by Gasteiger charge is 2.35. The van der Waals surface area contributed by atoms with Crippen LogP contribution in [0.25, 0.3) is 0 Å². The van der Waals surface area contributed by atoms with Gasteiger partial charge in [-0.15, -0.1) is 0 Å². The molecule has 0 bridgehead atoms. The molecule has 0 aromatic carbocycles. The van der Waals surface area contributed by atoms with Gasteiger partial charge in [-0.3, -0.25) is 0 Å². The Morgan fingerprint density at radius 1 is 1.90 bits per heavy atom. The number of aliphatic hydroxyl groups excluding tert-OH is 1. The summed E-state index contributed by atoms with van der Waals surface area (Å²) in [6, 6.07) is 0. The van der Waals surface area contributed by atoms with Gasteiger partial charge >= 0.3 is 5.97 Å². The normalized spacial score (nSPS) is 32.4. The summed E-state index contributed by atoms with van der Waals surface area (Å²) in [7, 11) is 0. The van der Waals surface area contributed by atoms with Crippen molar-refractivity contribution in [3.63, 3.8) is 0 Å². The van der Waals surface area contributed by atoms with Crippen molar-refractivity contribution in [2.24, 2.45) is 0 Å². The summed E-state index contributed by atoms with van der Waals surface area (Å²) in [5, 5.41) is 9.02. The monoisotopic (exact) mass is 146 g/mol. The minimum Gasteiger partial charge on any atom is -0.461 e. The van der Waals surface area contributed by atoms with Gasteiger partial charge in [-0.25, -0.2) is 4.79 Å². The highest BCUT2D eigenvalue weighted by molar-refractivity contribution is 5.77. The van der Waals surface area contributed by atoms with E-state index in [0.717, 1.165) is 0 Å². The lowest BCUT2D eigenvalue weighted by molar-refractivity contribution is -0.147. The fourth-order valence-corrected chi connectivity index (χ4v) is 0.853. The van der Waals surface area contributed by atoms with E-state index in [4.69, 9.17) is 9.84 Å². The first-order valence-electron chi connectivity index (χ1n) is 3.22. The predicted octanol–water partition coefficient (Wildman–Crippen LogP) is -0.691. The molecular weight excluding hydrogens is 136 g/mol. The van der Waals surface area contributed by atoms with Crippen LogP contribution in [0.5, 0.6) is 0 Å². The Bertz CT molecular complexity index is 134. The van der Waals surface area contributed by atoms with Gasteiger partial charge in [0, 0.05) is 6.61 Å². The molecule has 0 aromatic rings. The van der Waals surface area contributed by atoms with E-state index in [1.54, 1.807) is 6.92 Å². The fourth-order valence-electron chi connectivity index (χ4n) is 0.853. The van der Waals surface area contributed by atoms with Crippen LogP contribution in [0.2, 0.25) is 0 Å². The highest BCUT2D eigenvalue weighted by Crippen LogP contribution is 2.10. The molecule has 1 rings (SSSR count). The first kappa shape index (κ1) is 7.50. The van der Waals surface area contributed by atoms with Gasteiger partial charge in [-0.1, -0.05) is 0 Å². The number of carbonyl (C=O) groups is 1. The molecule has 0 amide bonds. The summed E-state index contributed by atoms with van der Waals surface area (Å²) in [6.45, 7) is 2.23. The van der Waals surface area contributed by atoms with Crippen molar-refractivity contribution >= 4 is 5.97 Å². The predicted molar refractivity (Wildman–Crippen MR) is 32.4 cm³/mol. The number of cyclic esters (lactones) is 1. The second-order valence-electron chi connectivity index (χ2n) is 2.07. The fraction of sp³-hybridized carbons (Fsp3) is 0.833. The van der Waals surface area contributed by atoms with Gasteiger partial charge in [0.15, 0.2) is 6.10 Å². The summed E-state index contributed by atoms with van der Waals surface area (Å²) in [5.41, 5.74) is 0. The minimum atomic E-state index is -0.785. The summed E-state index contributed by atoms with van der Waals surface area (Å²) >= 11 is 0. The van der Waals surface area contributed by atoms with Gasteiger partial charge in [-0.2, -0.15) is 0 Å². The van der Waals surface area contributed by atoms with Gasteiger partial charge in [-0.05, 0) is 6.92 Å². The Balaban J connectivity index is 2.46. The van der Waals surface area contributed by atoms with Crippen molar-refractivity contribution in [1.82, 2.24) is 0 Å². The molecule has 58 valence electrons. The van der Waals surface area contributed by atoms with Gasteiger partial charge in [0.05, 0.1) is 0 Å². The Morgan fingerprint density at radius 3 is 3.00 bits per heavy atom.